The van der Waals surface area contributed by atoms with Crippen LogP contribution in [0, 0.1) is 0 Å². The minimum Gasteiger partial charge on any atom is -0.497 e. The maximum absolute atomic E-state index is 13.2. The van der Waals surface area contributed by atoms with Crippen molar-refractivity contribution in [2.24, 2.45) is 0 Å². The van der Waals surface area contributed by atoms with Crippen molar-refractivity contribution in [1.29, 1.82) is 0 Å². The number of hydrazine groups is 1. The van der Waals surface area contributed by atoms with Gasteiger partial charge in [0.15, 0.2) is 0 Å². The van der Waals surface area contributed by atoms with E-state index in [0.717, 1.165) is 22.6 Å². The van der Waals surface area contributed by atoms with E-state index in [2.05, 4.69) is 5.43 Å². The average Bonchev–Trinajstić information content (AvgIpc) is 3.20. The van der Waals surface area contributed by atoms with Crippen LogP contribution in [0.5, 0.6) is 5.75 Å². The van der Waals surface area contributed by atoms with Gasteiger partial charge in [0, 0.05) is 10.6 Å². The number of halogens is 1. The molecule has 0 bridgehead atoms. The Morgan fingerprint density at radius 2 is 1.64 bits per heavy atom. The van der Waals surface area contributed by atoms with Crippen molar-refractivity contribution in [3.8, 4) is 5.75 Å². The minimum absolute atomic E-state index is 0.0969. The van der Waals surface area contributed by atoms with Gasteiger partial charge in [-0.25, -0.2) is 5.01 Å². The highest BCUT2D eigenvalue weighted by molar-refractivity contribution is 6.30. The molecule has 0 radical (unpaired) electrons. The van der Waals surface area contributed by atoms with E-state index in [-0.39, 0.29) is 11.9 Å². The predicted octanol–water partition coefficient (Wildman–Crippen LogP) is 5.09. The van der Waals surface area contributed by atoms with Gasteiger partial charge < -0.3 is 4.74 Å². The molecule has 0 fully saturated rings. The van der Waals surface area contributed by atoms with E-state index < -0.39 is 0 Å². The molecule has 0 saturated carbocycles. The molecule has 1 atom stereocenters. The Labute approximate surface area is 169 Å². The van der Waals surface area contributed by atoms with Gasteiger partial charge in [0.25, 0.3) is 5.91 Å². The van der Waals surface area contributed by atoms with E-state index in [1.165, 1.54) is 0 Å². The number of methoxy groups -OCH3 is 1. The summed E-state index contributed by atoms with van der Waals surface area (Å²) in [5.74, 6) is 0.689. The standard InChI is InChI=1S/C23H19ClN2O2/c1-28-20-13-9-16(10-14-20)21-15-22(17-7-11-19(24)12-8-17)26(25-21)23(27)18-5-3-2-4-6-18/h2-15,22,25H,1H3. The summed E-state index contributed by atoms with van der Waals surface area (Å²) in [6.07, 6.45) is 2.05. The summed E-state index contributed by atoms with van der Waals surface area (Å²) in [4.78, 5) is 13.2. The summed E-state index contributed by atoms with van der Waals surface area (Å²) in [7, 11) is 1.64. The smallest absolute Gasteiger partial charge is 0.273 e. The Hall–Kier alpha value is -3.24. The van der Waals surface area contributed by atoms with E-state index in [1.807, 2.05) is 84.9 Å². The molecule has 0 aromatic heterocycles. The number of nitrogens with zero attached hydrogens (tertiary/aromatic N) is 1. The molecular weight excluding hydrogens is 372 g/mol. The number of carbonyl (C=O) groups is 1. The lowest BCUT2D eigenvalue weighted by atomic mass is 10.0. The highest BCUT2D eigenvalue weighted by atomic mass is 35.5. The van der Waals surface area contributed by atoms with Crippen molar-refractivity contribution in [2.45, 2.75) is 6.04 Å². The largest absolute Gasteiger partial charge is 0.497 e. The van der Waals surface area contributed by atoms with E-state index >= 15 is 0 Å². The van der Waals surface area contributed by atoms with E-state index in [0.29, 0.717) is 10.6 Å². The molecule has 1 N–H and O–H groups in total. The molecule has 1 aliphatic heterocycles. The summed E-state index contributed by atoms with van der Waals surface area (Å²) in [5, 5.41) is 2.31. The lowest BCUT2D eigenvalue weighted by molar-refractivity contribution is 0.0672. The van der Waals surface area contributed by atoms with Crippen LogP contribution in [0.3, 0.4) is 0 Å². The summed E-state index contributed by atoms with van der Waals surface area (Å²) in [6, 6.07) is 24.3. The van der Waals surface area contributed by atoms with Crippen molar-refractivity contribution >= 4 is 23.2 Å². The minimum atomic E-state index is -0.248. The molecule has 4 rings (SSSR count). The number of nitrogens with one attached hydrogen (secondary N) is 1. The van der Waals surface area contributed by atoms with Crippen LogP contribution in [-0.4, -0.2) is 18.0 Å². The zero-order chi connectivity index (χ0) is 19.5. The summed E-state index contributed by atoms with van der Waals surface area (Å²) >= 11 is 6.04. The average molecular weight is 391 g/mol. The first kappa shape index (κ1) is 18.1. The van der Waals surface area contributed by atoms with Crippen molar-refractivity contribution < 1.29 is 9.53 Å². The predicted molar refractivity (Wildman–Crippen MR) is 111 cm³/mol. The molecule has 140 valence electrons. The molecule has 1 amide bonds. The lowest BCUT2D eigenvalue weighted by Gasteiger charge is -2.25. The number of hydrogen-bond donors (Lipinski definition) is 1. The Morgan fingerprint density at radius 3 is 2.29 bits per heavy atom. The Balaban J connectivity index is 1.70. The van der Waals surface area contributed by atoms with Gasteiger partial charge in [-0.3, -0.25) is 10.2 Å². The van der Waals surface area contributed by atoms with Crippen LogP contribution in [0.4, 0.5) is 0 Å². The van der Waals surface area contributed by atoms with E-state index in [4.69, 9.17) is 16.3 Å². The molecule has 0 aliphatic carbocycles. The van der Waals surface area contributed by atoms with Crippen molar-refractivity contribution in [1.82, 2.24) is 10.4 Å². The second kappa shape index (κ2) is 7.79. The third kappa shape index (κ3) is 3.59. The lowest BCUT2D eigenvalue weighted by Crippen LogP contribution is -2.39. The molecule has 28 heavy (non-hydrogen) atoms. The van der Waals surface area contributed by atoms with Crippen LogP contribution in [0.2, 0.25) is 5.02 Å². The molecule has 0 saturated heterocycles. The Morgan fingerprint density at radius 1 is 0.964 bits per heavy atom. The second-order valence-corrected chi connectivity index (χ2v) is 6.89. The Kier molecular flexibility index (Phi) is 5.04. The summed E-state index contributed by atoms with van der Waals surface area (Å²) in [6.45, 7) is 0. The van der Waals surface area contributed by atoms with Gasteiger partial charge in [-0.15, -0.1) is 0 Å². The fourth-order valence-corrected chi connectivity index (χ4v) is 3.33. The molecule has 1 heterocycles. The molecular formula is C23H19ClN2O2. The highest BCUT2D eigenvalue weighted by Gasteiger charge is 2.31. The number of hydrogen-bond acceptors (Lipinski definition) is 3. The zero-order valence-electron chi connectivity index (χ0n) is 15.3. The quantitative estimate of drug-likeness (QED) is 0.674. The van der Waals surface area contributed by atoms with Gasteiger partial charge in [-0.1, -0.05) is 41.9 Å². The van der Waals surface area contributed by atoms with Gasteiger partial charge >= 0.3 is 0 Å². The van der Waals surface area contributed by atoms with Gasteiger partial charge in [-0.2, -0.15) is 0 Å². The first-order chi connectivity index (χ1) is 13.7. The summed E-state index contributed by atoms with van der Waals surface area (Å²) < 4.78 is 5.23. The van der Waals surface area contributed by atoms with Gasteiger partial charge in [0.2, 0.25) is 0 Å². The van der Waals surface area contributed by atoms with Crippen molar-refractivity contribution in [3.63, 3.8) is 0 Å². The number of benzene rings is 3. The number of amides is 1. The number of ether oxygens (including phenoxy) is 1. The normalized spacial score (nSPS) is 15.7. The van der Waals surface area contributed by atoms with Crippen LogP contribution < -0.4 is 10.2 Å². The topological polar surface area (TPSA) is 41.6 Å². The van der Waals surface area contributed by atoms with E-state index in [9.17, 15) is 4.79 Å². The van der Waals surface area contributed by atoms with Gasteiger partial charge in [-0.05, 0) is 65.7 Å². The van der Waals surface area contributed by atoms with E-state index in [1.54, 1.807) is 12.1 Å². The number of carbonyl (C=O) groups excluding carboxylic acids is 1. The summed E-state index contributed by atoms with van der Waals surface area (Å²) in [5.41, 5.74) is 6.72. The molecule has 4 nitrogen and oxygen atoms in total. The van der Waals surface area contributed by atoms with Crippen LogP contribution in [0.15, 0.2) is 84.9 Å². The third-order valence-electron chi connectivity index (χ3n) is 4.70. The van der Waals surface area contributed by atoms with Gasteiger partial charge in [0.05, 0.1) is 18.8 Å². The molecule has 0 spiro atoms. The SMILES string of the molecule is COc1ccc(C2=CC(c3ccc(Cl)cc3)N(C(=O)c3ccccc3)N2)cc1. The molecule has 5 heteroatoms. The van der Waals surface area contributed by atoms with Crippen LogP contribution in [-0.2, 0) is 0 Å². The van der Waals surface area contributed by atoms with Crippen molar-refractivity contribution in [2.75, 3.05) is 7.11 Å². The first-order valence-electron chi connectivity index (χ1n) is 8.92. The molecule has 3 aromatic carbocycles. The second-order valence-electron chi connectivity index (χ2n) is 6.46. The fourth-order valence-electron chi connectivity index (χ4n) is 3.20. The molecule has 3 aromatic rings. The van der Waals surface area contributed by atoms with Crippen molar-refractivity contribution in [3.05, 3.63) is 107 Å². The molecule has 1 unspecified atom stereocenters. The van der Waals surface area contributed by atoms with Crippen LogP contribution in [0.25, 0.3) is 5.70 Å². The monoisotopic (exact) mass is 390 g/mol. The fraction of sp³-hybridized carbons (Fsp3) is 0.0870. The Bertz CT molecular complexity index is 999. The zero-order valence-corrected chi connectivity index (χ0v) is 16.1. The van der Waals surface area contributed by atoms with Crippen LogP contribution >= 0.6 is 11.6 Å². The van der Waals surface area contributed by atoms with Gasteiger partial charge in [0.1, 0.15) is 5.75 Å². The first-order valence-corrected chi connectivity index (χ1v) is 9.30. The highest BCUT2D eigenvalue weighted by Crippen LogP contribution is 2.33. The number of rotatable bonds is 4. The molecule has 1 aliphatic rings. The third-order valence-corrected chi connectivity index (χ3v) is 4.95. The maximum atomic E-state index is 13.2. The maximum Gasteiger partial charge on any atom is 0.273 e. The van der Waals surface area contributed by atoms with Crippen LogP contribution in [0.1, 0.15) is 27.5 Å².